The Balaban J connectivity index is 1.95. The van der Waals surface area contributed by atoms with Crippen LogP contribution in [0.3, 0.4) is 0 Å². The number of likely N-dealkylation sites (tertiary alicyclic amines) is 1. The Hall–Kier alpha value is -1.76. The number of nitrogens with zero attached hydrogens (tertiary/aromatic N) is 1. The van der Waals surface area contributed by atoms with Gasteiger partial charge in [-0.25, -0.2) is 0 Å². The molecular weight excluding hydrogens is 297 g/mol. The summed E-state index contributed by atoms with van der Waals surface area (Å²) in [5, 5.41) is 0. The van der Waals surface area contributed by atoms with Crippen LogP contribution in [-0.2, 0) is 11.2 Å². The molecule has 1 unspecified atom stereocenters. The van der Waals surface area contributed by atoms with E-state index in [1.807, 2.05) is 0 Å². The zero-order valence-electron chi connectivity index (χ0n) is 12.1. The number of para-hydroxylation sites is 1. The molecule has 1 saturated heterocycles. The van der Waals surface area contributed by atoms with E-state index in [2.05, 4.69) is 4.74 Å². The van der Waals surface area contributed by atoms with Crippen molar-refractivity contribution in [3.8, 4) is 5.75 Å². The maximum Gasteiger partial charge on any atom is 0.573 e. The lowest BCUT2D eigenvalue weighted by Gasteiger charge is -2.30. The Morgan fingerprint density at radius 1 is 1.36 bits per heavy atom. The second-order valence-electron chi connectivity index (χ2n) is 5.40. The first-order valence-electron chi connectivity index (χ1n) is 7.22. The number of piperidine rings is 1. The largest absolute Gasteiger partial charge is 0.573 e. The van der Waals surface area contributed by atoms with Crippen LogP contribution in [0.4, 0.5) is 13.2 Å². The zero-order valence-corrected chi connectivity index (χ0v) is 12.1. The van der Waals surface area contributed by atoms with E-state index in [0.29, 0.717) is 18.7 Å². The van der Waals surface area contributed by atoms with Crippen molar-refractivity contribution in [3.05, 3.63) is 29.8 Å². The van der Waals surface area contributed by atoms with Crippen LogP contribution in [0.5, 0.6) is 5.75 Å². The second-order valence-corrected chi connectivity index (χ2v) is 5.40. The van der Waals surface area contributed by atoms with Crippen molar-refractivity contribution in [1.29, 1.82) is 0 Å². The fourth-order valence-electron chi connectivity index (χ4n) is 2.57. The molecule has 1 heterocycles. The molecule has 1 aliphatic heterocycles. The summed E-state index contributed by atoms with van der Waals surface area (Å²) >= 11 is 0. The number of amides is 1. The van der Waals surface area contributed by atoms with Crippen LogP contribution >= 0.6 is 0 Å². The summed E-state index contributed by atoms with van der Waals surface area (Å²) in [6.07, 6.45) is -2.63. The van der Waals surface area contributed by atoms with Gasteiger partial charge in [0.15, 0.2) is 0 Å². The highest BCUT2D eigenvalue weighted by atomic mass is 19.4. The number of nitrogens with two attached hydrogens (primary N) is 1. The molecule has 0 aromatic heterocycles. The predicted octanol–water partition coefficient (Wildman–Crippen LogP) is 2.47. The van der Waals surface area contributed by atoms with Crippen LogP contribution in [0.1, 0.15) is 24.8 Å². The van der Waals surface area contributed by atoms with Crippen molar-refractivity contribution in [1.82, 2.24) is 4.90 Å². The Labute approximate surface area is 127 Å². The Kier molecular flexibility index (Phi) is 5.28. The minimum atomic E-state index is -4.74. The first-order chi connectivity index (χ1) is 10.3. The molecule has 0 saturated carbocycles. The number of aryl methyl sites for hydroxylation is 1. The Bertz CT molecular complexity index is 520. The van der Waals surface area contributed by atoms with Crippen molar-refractivity contribution in [2.75, 3.05) is 13.1 Å². The van der Waals surface area contributed by atoms with Gasteiger partial charge in [-0.3, -0.25) is 4.79 Å². The van der Waals surface area contributed by atoms with Gasteiger partial charge in [0.25, 0.3) is 0 Å². The van der Waals surface area contributed by atoms with Gasteiger partial charge in [-0.05, 0) is 30.9 Å². The molecule has 0 aliphatic carbocycles. The molecule has 0 spiro atoms. The number of halogens is 3. The smallest absolute Gasteiger partial charge is 0.406 e. The average molecular weight is 316 g/mol. The second kappa shape index (κ2) is 7.00. The molecule has 1 amide bonds. The molecule has 4 nitrogen and oxygen atoms in total. The number of alkyl halides is 3. The molecule has 1 aliphatic rings. The van der Waals surface area contributed by atoms with Gasteiger partial charge in [-0.2, -0.15) is 0 Å². The molecule has 1 atom stereocenters. The lowest BCUT2D eigenvalue weighted by atomic mass is 10.0. The van der Waals surface area contributed by atoms with E-state index in [1.165, 1.54) is 18.2 Å². The number of hydrogen-bond acceptors (Lipinski definition) is 3. The third-order valence-corrected chi connectivity index (χ3v) is 3.62. The van der Waals surface area contributed by atoms with Crippen molar-refractivity contribution in [2.45, 2.75) is 38.1 Å². The standard InChI is InChI=1S/C15H19F3N2O2/c16-15(17,18)22-13-6-2-1-4-11(13)7-8-14(21)20-9-3-5-12(19)10-20/h1-2,4,6,12H,3,5,7-10,19H2. The molecular formula is C15H19F3N2O2. The molecule has 2 rings (SSSR count). The van der Waals surface area contributed by atoms with Crippen LogP contribution in [-0.4, -0.2) is 36.3 Å². The Morgan fingerprint density at radius 2 is 2.09 bits per heavy atom. The van der Waals surface area contributed by atoms with Gasteiger partial charge in [-0.1, -0.05) is 18.2 Å². The summed E-state index contributed by atoms with van der Waals surface area (Å²) in [6.45, 7) is 1.17. The first-order valence-corrected chi connectivity index (χ1v) is 7.22. The molecule has 0 bridgehead atoms. The quantitative estimate of drug-likeness (QED) is 0.928. The molecule has 7 heteroatoms. The van der Waals surface area contributed by atoms with Crippen LogP contribution in [0.15, 0.2) is 24.3 Å². The maximum absolute atomic E-state index is 12.3. The SMILES string of the molecule is NC1CCCN(C(=O)CCc2ccccc2OC(F)(F)F)C1. The molecule has 2 N–H and O–H groups in total. The van der Waals surface area contributed by atoms with E-state index in [9.17, 15) is 18.0 Å². The maximum atomic E-state index is 12.3. The average Bonchev–Trinajstić information content (AvgIpc) is 2.44. The lowest BCUT2D eigenvalue weighted by Crippen LogP contribution is -2.45. The zero-order chi connectivity index (χ0) is 16.2. The highest BCUT2D eigenvalue weighted by molar-refractivity contribution is 5.76. The van der Waals surface area contributed by atoms with Gasteiger partial charge in [0.05, 0.1) is 0 Å². The van der Waals surface area contributed by atoms with E-state index < -0.39 is 6.36 Å². The highest BCUT2D eigenvalue weighted by Gasteiger charge is 2.32. The van der Waals surface area contributed by atoms with Gasteiger partial charge >= 0.3 is 6.36 Å². The molecule has 0 radical (unpaired) electrons. The van der Waals surface area contributed by atoms with Gasteiger partial charge in [0, 0.05) is 25.6 Å². The van der Waals surface area contributed by atoms with Crippen LogP contribution in [0.25, 0.3) is 0 Å². The molecule has 22 heavy (non-hydrogen) atoms. The topological polar surface area (TPSA) is 55.6 Å². The monoisotopic (exact) mass is 316 g/mol. The van der Waals surface area contributed by atoms with E-state index in [1.54, 1.807) is 11.0 Å². The van der Waals surface area contributed by atoms with E-state index >= 15 is 0 Å². The summed E-state index contributed by atoms with van der Waals surface area (Å²) in [5.41, 5.74) is 6.19. The minimum absolute atomic E-state index is 0.0152. The van der Waals surface area contributed by atoms with Crippen LogP contribution in [0, 0.1) is 0 Å². The van der Waals surface area contributed by atoms with Crippen molar-refractivity contribution >= 4 is 5.91 Å². The normalized spacial score (nSPS) is 19.1. The van der Waals surface area contributed by atoms with Crippen LogP contribution in [0.2, 0.25) is 0 Å². The summed E-state index contributed by atoms with van der Waals surface area (Å²) < 4.78 is 41.0. The van der Waals surface area contributed by atoms with E-state index in [0.717, 1.165) is 12.8 Å². The van der Waals surface area contributed by atoms with Crippen molar-refractivity contribution in [3.63, 3.8) is 0 Å². The van der Waals surface area contributed by atoms with E-state index in [4.69, 9.17) is 5.73 Å². The van der Waals surface area contributed by atoms with Gasteiger partial charge in [0.1, 0.15) is 5.75 Å². The number of ether oxygens (including phenoxy) is 1. The predicted molar refractivity (Wildman–Crippen MR) is 75.2 cm³/mol. The number of carbonyl (C=O) groups excluding carboxylic acids is 1. The van der Waals surface area contributed by atoms with Crippen molar-refractivity contribution < 1.29 is 22.7 Å². The summed E-state index contributed by atoms with van der Waals surface area (Å²) in [7, 11) is 0. The van der Waals surface area contributed by atoms with Crippen LogP contribution < -0.4 is 10.5 Å². The number of hydrogen-bond donors (Lipinski definition) is 1. The third-order valence-electron chi connectivity index (χ3n) is 3.62. The summed E-state index contributed by atoms with van der Waals surface area (Å²) in [5.74, 6) is -0.338. The van der Waals surface area contributed by atoms with Crippen molar-refractivity contribution in [2.24, 2.45) is 5.73 Å². The fourth-order valence-corrected chi connectivity index (χ4v) is 2.57. The lowest BCUT2D eigenvalue weighted by molar-refractivity contribution is -0.274. The highest BCUT2D eigenvalue weighted by Crippen LogP contribution is 2.27. The minimum Gasteiger partial charge on any atom is -0.406 e. The molecule has 1 aromatic rings. The fraction of sp³-hybridized carbons (Fsp3) is 0.533. The summed E-state index contributed by atoms with van der Waals surface area (Å²) in [4.78, 5) is 13.8. The first kappa shape index (κ1) is 16.6. The number of benzene rings is 1. The number of rotatable bonds is 4. The number of carbonyl (C=O) groups is 1. The van der Waals surface area contributed by atoms with Gasteiger partial charge < -0.3 is 15.4 Å². The van der Waals surface area contributed by atoms with E-state index in [-0.39, 0.29) is 30.5 Å². The summed E-state index contributed by atoms with van der Waals surface area (Å²) in [6, 6.07) is 5.87. The van der Waals surface area contributed by atoms with Gasteiger partial charge in [0.2, 0.25) is 5.91 Å². The third kappa shape index (κ3) is 4.91. The molecule has 1 aromatic carbocycles. The Morgan fingerprint density at radius 3 is 2.77 bits per heavy atom. The molecule has 1 fully saturated rings. The molecule has 122 valence electrons. The van der Waals surface area contributed by atoms with Gasteiger partial charge in [-0.15, -0.1) is 13.2 Å².